The lowest BCUT2D eigenvalue weighted by Gasteiger charge is -2.54. The second-order valence-corrected chi connectivity index (χ2v) is 7.16. The van der Waals surface area contributed by atoms with Crippen molar-refractivity contribution < 1.29 is 0 Å². The quantitative estimate of drug-likeness (QED) is 0.799. The molecule has 3 fully saturated rings. The molecule has 0 aliphatic heterocycles. The van der Waals surface area contributed by atoms with Crippen molar-refractivity contribution in [2.75, 3.05) is 0 Å². The maximum atomic E-state index is 7.18. The Morgan fingerprint density at radius 1 is 0.895 bits per heavy atom. The summed E-state index contributed by atoms with van der Waals surface area (Å²) in [6.07, 6.45) is 11.2. The molecule has 0 heterocycles. The van der Waals surface area contributed by atoms with E-state index in [2.05, 4.69) is 30.3 Å². The van der Waals surface area contributed by atoms with Gasteiger partial charge in [0.05, 0.1) is 0 Å². The van der Waals surface area contributed by atoms with Crippen LogP contribution in [0.2, 0.25) is 0 Å². The van der Waals surface area contributed by atoms with Gasteiger partial charge in [-0.05, 0) is 54.9 Å². The average molecular weight is 255 g/mol. The SMILES string of the molecule is NC1(c2ccccc2)C2CCC(C2)C12CCCCC2. The van der Waals surface area contributed by atoms with Gasteiger partial charge in [0.25, 0.3) is 0 Å². The van der Waals surface area contributed by atoms with E-state index in [1.807, 2.05) is 0 Å². The summed E-state index contributed by atoms with van der Waals surface area (Å²) in [5.74, 6) is 1.64. The molecule has 0 amide bonds. The highest BCUT2D eigenvalue weighted by molar-refractivity contribution is 5.33. The molecule has 0 radical (unpaired) electrons. The van der Waals surface area contributed by atoms with Gasteiger partial charge in [-0.3, -0.25) is 0 Å². The van der Waals surface area contributed by atoms with Gasteiger partial charge in [-0.15, -0.1) is 0 Å². The monoisotopic (exact) mass is 255 g/mol. The fourth-order valence-electron chi connectivity index (χ4n) is 5.88. The standard InChI is InChI=1S/C18H25N/c19-18(14-7-3-1-4-8-14)16-10-9-15(13-16)17(18)11-5-2-6-12-17/h1,3-4,7-8,15-16H,2,5-6,9-13,19H2. The molecule has 1 nitrogen and oxygen atoms in total. The van der Waals surface area contributed by atoms with Crippen LogP contribution >= 0.6 is 0 Å². The third kappa shape index (κ3) is 1.40. The van der Waals surface area contributed by atoms with E-state index >= 15 is 0 Å². The molecule has 3 aliphatic carbocycles. The predicted molar refractivity (Wildman–Crippen MR) is 78.7 cm³/mol. The summed E-state index contributed by atoms with van der Waals surface area (Å²) >= 11 is 0. The number of fused-ring (bicyclic) bond motifs is 3. The van der Waals surface area contributed by atoms with E-state index in [1.165, 1.54) is 56.9 Å². The molecule has 2 N–H and O–H groups in total. The van der Waals surface area contributed by atoms with Crippen molar-refractivity contribution in [1.29, 1.82) is 0 Å². The molecule has 3 saturated carbocycles. The Morgan fingerprint density at radius 3 is 2.32 bits per heavy atom. The van der Waals surface area contributed by atoms with E-state index in [4.69, 9.17) is 5.73 Å². The van der Waals surface area contributed by atoms with E-state index in [9.17, 15) is 0 Å². The minimum Gasteiger partial charge on any atom is -0.321 e. The highest BCUT2D eigenvalue weighted by Crippen LogP contribution is 2.69. The lowest BCUT2D eigenvalue weighted by molar-refractivity contribution is 0.00619. The van der Waals surface area contributed by atoms with E-state index in [0.29, 0.717) is 5.41 Å². The normalized spacial score (nSPS) is 39.8. The molecule has 0 saturated heterocycles. The minimum atomic E-state index is -0.0302. The van der Waals surface area contributed by atoms with Crippen LogP contribution in [0.1, 0.15) is 56.9 Å². The summed E-state index contributed by atoms with van der Waals surface area (Å²) < 4.78 is 0. The number of hydrogen-bond donors (Lipinski definition) is 1. The van der Waals surface area contributed by atoms with Crippen molar-refractivity contribution in [3.8, 4) is 0 Å². The van der Waals surface area contributed by atoms with Crippen LogP contribution in [0.3, 0.4) is 0 Å². The molecule has 3 aliphatic rings. The number of hydrogen-bond acceptors (Lipinski definition) is 1. The molecular formula is C18H25N. The van der Waals surface area contributed by atoms with Crippen molar-refractivity contribution in [2.24, 2.45) is 23.0 Å². The zero-order chi connectivity index (χ0) is 12.9. The Morgan fingerprint density at radius 2 is 1.58 bits per heavy atom. The Bertz CT molecular complexity index is 460. The molecule has 2 bridgehead atoms. The van der Waals surface area contributed by atoms with Crippen LogP contribution in [0.15, 0.2) is 30.3 Å². The molecule has 3 unspecified atom stereocenters. The summed E-state index contributed by atoms with van der Waals surface area (Å²) in [5, 5.41) is 0. The zero-order valence-corrected chi connectivity index (χ0v) is 11.8. The van der Waals surface area contributed by atoms with Crippen molar-refractivity contribution in [2.45, 2.75) is 56.9 Å². The van der Waals surface area contributed by atoms with Crippen LogP contribution in [0.5, 0.6) is 0 Å². The lowest BCUT2D eigenvalue weighted by Crippen LogP contribution is -2.57. The topological polar surface area (TPSA) is 26.0 Å². The average Bonchev–Trinajstić information content (AvgIpc) is 3.04. The van der Waals surface area contributed by atoms with Crippen LogP contribution in [0, 0.1) is 17.3 Å². The van der Waals surface area contributed by atoms with Gasteiger partial charge in [-0.2, -0.15) is 0 Å². The number of benzene rings is 1. The summed E-state index contributed by atoms with van der Waals surface area (Å²) in [6.45, 7) is 0. The van der Waals surface area contributed by atoms with Gasteiger partial charge >= 0.3 is 0 Å². The maximum absolute atomic E-state index is 7.18. The fraction of sp³-hybridized carbons (Fsp3) is 0.667. The second kappa shape index (κ2) is 4.09. The zero-order valence-electron chi connectivity index (χ0n) is 11.8. The fourth-order valence-corrected chi connectivity index (χ4v) is 5.88. The molecule has 3 atom stereocenters. The molecule has 19 heavy (non-hydrogen) atoms. The van der Waals surface area contributed by atoms with Crippen molar-refractivity contribution in [3.05, 3.63) is 35.9 Å². The van der Waals surface area contributed by atoms with Crippen LogP contribution in [-0.4, -0.2) is 0 Å². The van der Waals surface area contributed by atoms with Crippen molar-refractivity contribution in [3.63, 3.8) is 0 Å². The first-order valence-corrected chi connectivity index (χ1v) is 8.12. The number of rotatable bonds is 1. The van der Waals surface area contributed by atoms with Crippen LogP contribution in [-0.2, 0) is 5.54 Å². The second-order valence-electron chi connectivity index (χ2n) is 7.16. The Kier molecular flexibility index (Phi) is 2.57. The van der Waals surface area contributed by atoms with Gasteiger partial charge in [0, 0.05) is 5.54 Å². The first kappa shape index (κ1) is 12.0. The summed E-state index contributed by atoms with van der Waals surface area (Å²) in [4.78, 5) is 0. The Labute approximate surface area is 116 Å². The van der Waals surface area contributed by atoms with Gasteiger partial charge in [0.15, 0.2) is 0 Å². The van der Waals surface area contributed by atoms with E-state index in [1.54, 1.807) is 0 Å². The molecular weight excluding hydrogens is 230 g/mol. The summed E-state index contributed by atoms with van der Waals surface area (Å²) in [6, 6.07) is 11.0. The Balaban J connectivity index is 1.84. The van der Waals surface area contributed by atoms with E-state index < -0.39 is 0 Å². The maximum Gasteiger partial charge on any atom is 0.0497 e. The first-order chi connectivity index (χ1) is 9.27. The molecule has 102 valence electrons. The van der Waals surface area contributed by atoms with Crippen LogP contribution in [0.4, 0.5) is 0 Å². The molecule has 4 rings (SSSR count). The molecule has 1 aromatic carbocycles. The van der Waals surface area contributed by atoms with Crippen molar-refractivity contribution >= 4 is 0 Å². The summed E-state index contributed by atoms with van der Waals surface area (Å²) in [7, 11) is 0. The van der Waals surface area contributed by atoms with Crippen LogP contribution in [0.25, 0.3) is 0 Å². The van der Waals surface area contributed by atoms with Gasteiger partial charge in [-0.25, -0.2) is 0 Å². The molecule has 0 aromatic heterocycles. The summed E-state index contributed by atoms with van der Waals surface area (Å²) in [5.41, 5.74) is 8.99. The lowest BCUT2D eigenvalue weighted by atomic mass is 9.53. The van der Waals surface area contributed by atoms with Gasteiger partial charge < -0.3 is 5.73 Å². The third-order valence-corrected chi connectivity index (χ3v) is 6.68. The first-order valence-electron chi connectivity index (χ1n) is 8.12. The van der Waals surface area contributed by atoms with E-state index in [0.717, 1.165) is 11.8 Å². The third-order valence-electron chi connectivity index (χ3n) is 6.68. The van der Waals surface area contributed by atoms with Crippen LogP contribution < -0.4 is 5.73 Å². The van der Waals surface area contributed by atoms with E-state index in [-0.39, 0.29) is 5.54 Å². The smallest absolute Gasteiger partial charge is 0.0497 e. The van der Waals surface area contributed by atoms with Gasteiger partial charge in [0.2, 0.25) is 0 Å². The van der Waals surface area contributed by atoms with Gasteiger partial charge in [0.1, 0.15) is 0 Å². The molecule has 1 heteroatoms. The Hall–Kier alpha value is -0.820. The van der Waals surface area contributed by atoms with Crippen molar-refractivity contribution in [1.82, 2.24) is 0 Å². The highest BCUT2D eigenvalue weighted by Gasteiger charge is 2.65. The minimum absolute atomic E-state index is 0.0302. The number of nitrogens with two attached hydrogens (primary N) is 1. The highest BCUT2D eigenvalue weighted by atomic mass is 14.9. The molecule has 1 spiro atoms. The van der Waals surface area contributed by atoms with Gasteiger partial charge in [-0.1, -0.05) is 49.6 Å². The largest absolute Gasteiger partial charge is 0.321 e. The molecule has 1 aromatic rings. The predicted octanol–water partition coefficient (Wildman–Crippen LogP) is 4.22.